The van der Waals surface area contributed by atoms with Crippen LogP contribution in [-0.2, 0) is 18.0 Å². The first-order chi connectivity index (χ1) is 13.5. The maximum atomic E-state index is 11.9. The first kappa shape index (κ1) is 19.7. The van der Waals surface area contributed by atoms with Crippen molar-refractivity contribution in [2.24, 2.45) is 0 Å². The summed E-state index contributed by atoms with van der Waals surface area (Å²) >= 11 is 0. The first-order valence-electron chi connectivity index (χ1n) is 9.53. The molecule has 0 radical (unpaired) electrons. The predicted octanol–water partition coefficient (Wildman–Crippen LogP) is 5.85. The fourth-order valence-corrected chi connectivity index (χ4v) is 2.94. The molecule has 3 nitrogen and oxygen atoms in total. The van der Waals surface area contributed by atoms with Crippen molar-refractivity contribution < 1.29 is 14.3 Å². The second kappa shape index (κ2) is 9.23. The van der Waals surface area contributed by atoms with Crippen LogP contribution in [0.5, 0.6) is 11.5 Å². The van der Waals surface area contributed by atoms with Gasteiger partial charge in [0.15, 0.2) is 0 Å². The average Bonchev–Trinajstić information content (AvgIpc) is 2.73. The van der Waals surface area contributed by atoms with Crippen molar-refractivity contribution >= 4 is 5.78 Å². The third-order valence-corrected chi connectivity index (χ3v) is 4.92. The van der Waals surface area contributed by atoms with E-state index >= 15 is 0 Å². The Labute approximate surface area is 166 Å². The van der Waals surface area contributed by atoms with Crippen LogP contribution in [0.15, 0.2) is 72.8 Å². The second-order valence-corrected chi connectivity index (χ2v) is 7.02. The van der Waals surface area contributed by atoms with Crippen LogP contribution in [0.25, 0.3) is 0 Å². The molecule has 0 N–H and O–H groups in total. The van der Waals surface area contributed by atoms with Gasteiger partial charge in [0.05, 0.1) is 0 Å². The Kier molecular flexibility index (Phi) is 6.49. The van der Waals surface area contributed by atoms with Gasteiger partial charge in [0.25, 0.3) is 0 Å². The molecule has 3 aromatic carbocycles. The first-order valence-corrected chi connectivity index (χ1v) is 9.53. The van der Waals surface area contributed by atoms with E-state index < -0.39 is 0 Å². The van der Waals surface area contributed by atoms with Crippen LogP contribution in [0.1, 0.15) is 42.0 Å². The molecule has 0 saturated heterocycles. The van der Waals surface area contributed by atoms with Gasteiger partial charge < -0.3 is 9.47 Å². The molecule has 3 aromatic rings. The minimum atomic E-state index is -0.209. The van der Waals surface area contributed by atoms with Crippen LogP contribution in [-0.4, -0.2) is 5.78 Å². The van der Waals surface area contributed by atoms with E-state index in [2.05, 4.69) is 0 Å². The minimum Gasteiger partial charge on any atom is -0.488 e. The van der Waals surface area contributed by atoms with Crippen molar-refractivity contribution in [3.63, 3.8) is 0 Å². The topological polar surface area (TPSA) is 35.5 Å². The number of benzene rings is 3. The van der Waals surface area contributed by atoms with E-state index in [1.807, 2.05) is 86.6 Å². The molecule has 0 aromatic heterocycles. The molecule has 1 atom stereocenters. The van der Waals surface area contributed by atoms with Crippen molar-refractivity contribution in [3.05, 3.63) is 95.1 Å². The highest BCUT2D eigenvalue weighted by Gasteiger charge is 2.17. The molecule has 3 heteroatoms. The lowest BCUT2D eigenvalue weighted by Gasteiger charge is -2.18. The van der Waals surface area contributed by atoms with E-state index in [9.17, 15) is 4.79 Å². The number of Topliss-reactive ketones (excluding diaryl/α,β-unsaturated/α-hetero) is 1. The van der Waals surface area contributed by atoms with Gasteiger partial charge in [-0.2, -0.15) is 0 Å². The van der Waals surface area contributed by atoms with Crippen molar-refractivity contribution in [2.75, 3.05) is 0 Å². The quantitative estimate of drug-likeness (QED) is 0.496. The van der Waals surface area contributed by atoms with Gasteiger partial charge in [-0.1, -0.05) is 67.6 Å². The molecule has 0 spiro atoms. The van der Waals surface area contributed by atoms with Gasteiger partial charge >= 0.3 is 0 Å². The Morgan fingerprint density at radius 3 is 1.64 bits per heavy atom. The third-order valence-electron chi connectivity index (χ3n) is 4.92. The van der Waals surface area contributed by atoms with Gasteiger partial charge in [-0.25, -0.2) is 0 Å². The van der Waals surface area contributed by atoms with E-state index in [0.29, 0.717) is 13.2 Å². The number of rotatable bonds is 8. The molecule has 0 aliphatic heterocycles. The van der Waals surface area contributed by atoms with Crippen LogP contribution in [0, 0.1) is 6.92 Å². The molecular weight excluding hydrogens is 348 g/mol. The zero-order chi connectivity index (χ0) is 19.9. The molecule has 0 heterocycles. The molecule has 0 aliphatic rings. The summed E-state index contributed by atoms with van der Waals surface area (Å²) in [4.78, 5) is 11.9. The fraction of sp³-hybridized carbons (Fsp3) is 0.240. The molecule has 0 saturated carbocycles. The van der Waals surface area contributed by atoms with Gasteiger partial charge in [-0.05, 0) is 42.7 Å². The monoisotopic (exact) mass is 374 g/mol. The average molecular weight is 374 g/mol. The lowest BCUT2D eigenvalue weighted by atomic mass is 9.95. The fourth-order valence-electron chi connectivity index (χ4n) is 2.94. The van der Waals surface area contributed by atoms with Crippen molar-refractivity contribution in [1.29, 1.82) is 0 Å². The number of ketones is 1. The van der Waals surface area contributed by atoms with Crippen molar-refractivity contribution in [1.82, 2.24) is 0 Å². The summed E-state index contributed by atoms with van der Waals surface area (Å²) in [5.74, 6) is 1.40. The standard InChI is InChI=1S/C25H26O3/c1-18(20(3)26)23-14-24(27-16-21-10-6-4-7-11-21)19(2)25(15-23)28-17-22-12-8-5-9-13-22/h4-15,18H,16-17H2,1-3H3. The maximum Gasteiger partial charge on any atom is 0.136 e. The minimum absolute atomic E-state index is 0.117. The van der Waals surface area contributed by atoms with Crippen LogP contribution >= 0.6 is 0 Å². The van der Waals surface area contributed by atoms with Crippen LogP contribution in [0.3, 0.4) is 0 Å². The Morgan fingerprint density at radius 1 is 0.821 bits per heavy atom. The van der Waals surface area contributed by atoms with Crippen molar-refractivity contribution in [2.45, 2.75) is 39.9 Å². The highest BCUT2D eigenvalue weighted by molar-refractivity contribution is 5.83. The van der Waals surface area contributed by atoms with Crippen LogP contribution < -0.4 is 9.47 Å². The zero-order valence-electron chi connectivity index (χ0n) is 16.6. The van der Waals surface area contributed by atoms with Crippen molar-refractivity contribution in [3.8, 4) is 11.5 Å². The van der Waals surface area contributed by atoms with Gasteiger partial charge in [0.2, 0.25) is 0 Å². The second-order valence-electron chi connectivity index (χ2n) is 7.02. The summed E-state index contributed by atoms with van der Waals surface area (Å²) in [6.07, 6.45) is 0. The highest BCUT2D eigenvalue weighted by Crippen LogP contribution is 2.34. The van der Waals surface area contributed by atoms with Crippen LogP contribution in [0.4, 0.5) is 0 Å². The lowest BCUT2D eigenvalue weighted by molar-refractivity contribution is -0.118. The summed E-state index contributed by atoms with van der Waals surface area (Å²) in [6, 6.07) is 24.0. The number of carbonyl (C=O) groups excluding carboxylic acids is 1. The summed E-state index contributed by atoms with van der Waals surface area (Å²) in [5, 5.41) is 0. The normalized spacial score (nSPS) is 11.7. The molecule has 3 rings (SSSR count). The lowest BCUT2D eigenvalue weighted by Crippen LogP contribution is -2.07. The predicted molar refractivity (Wildman–Crippen MR) is 112 cm³/mol. The number of ether oxygens (including phenoxy) is 2. The summed E-state index contributed by atoms with van der Waals surface area (Å²) in [5.41, 5.74) is 4.04. The number of carbonyl (C=O) groups is 1. The number of hydrogen-bond donors (Lipinski definition) is 0. The Morgan fingerprint density at radius 2 is 1.25 bits per heavy atom. The molecule has 0 fully saturated rings. The van der Waals surface area contributed by atoms with Gasteiger partial charge in [-0.3, -0.25) is 4.79 Å². The van der Waals surface area contributed by atoms with E-state index in [1.165, 1.54) is 0 Å². The largest absolute Gasteiger partial charge is 0.488 e. The Balaban J connectivity index is 1.86. The van der Waals surface area contributed by atoms with E-state index in [-0.39, 0.29) is 11.7 Å². The molecular formula is C25H26O3. The summed E-state index contributed by atoms with van der Waals surface area (Å²) in [7, 11) is 0. The molecule has 1 unspecified atom stereocenters. The summed E-state index contributed by atoms with van der Waals surface area (Å²) < 4.78 is 12.2. The van der Waals surface area contributed by atoms with Gasteiger partial charge in [-0.15, -0.1) is 0 Å². The molecule has 0 aliphatic carbocycles. The molecule has 0 amide bonds. The van der Waals surface area contributed by atoms with E-state index in [1.54, 1.807) is 6.92 Å². The Bertz CT molecular complexity index is 853. The molecule has 0 bridgehead atoms. The zero-order valence-corrected chi connectivity index (χ0v) is 16.6. The smallest absolute Gasteiger partial charge is 0.136 e. The maximum absolute atomic E-state index is 11.9. The summed E-state index contributed by atoms with van der Waals surface area (Å²) in [6.45, 7) is 6.45. The van der Waals surface area contributed by atoms with E-state index in [0.717, 1.165) is 33.8 Å². The van der Waals surface area contributed by atoms with Gasteiger partial charge in [0, 0.05) is 11.5 Å². The van der Waals surface area contributed by atoms with E-state index in [4.69, 9.17) is 9.47 Å². The third kappa shape index (κ3) is 5.01. The van der Waals surface area contributed by atoms with Crippen LogP contribution in [0.2, 0.25) is 0 Å². The van der Waals surface area contributed by atoms with Gasteiger partial charge in [0.1, 0.15) is 30.5 Å². The SMILES string of the molecule is CC(=O)C(C)c1cc(OCc2ccccc2)c(C)c(OCc2ccccc2)c1. The molecule has 144 valence electrons. The molecule has 28 heavy (non-hydrogen) atoms. The number of hydrogen-bond acceptors (Lipinski definition) is 3. The Hall–Kier alpha value is -3.07. The highest BCUT2D eigenvalue weighted by atomic mass is 16.5.